The monoisotopic (exact) mass is 502 g/mol. The Bertz CT molecular complexity index is 1160. The first-order chi connectivity index (χ1) is 16.8. The molecule has 0 fully saturated rings. The fourth-order valence-corrected chi connectivity index (χ4v) is 3.06. The molecular weight excluding hydrogens is 480 g/mol. The van der Waals surface area contributed by atoms with Crippen LogP contribution in [0.15, 0.2) is 48.6 Å². The highest BCUT2D eigenvalue weighted by molar-refractivity contribution is 6.27. The zero-order valence-corrected chi connectivity index (χ0v) is 18.9. The van der Waals surface area contributed by atoms with Gasteiger partial charge in [0.15, 0.2) is 23.0 Å². The van der Waals surface area contributed by atoms with Crippen LogP contribution in [0.3, 0.4) is 0 Å². The lowest BCUT2D eigenvalue weighted by Crippen LogP contribution is -2.71. The summed E-state index contributed by atoms with van der Waals surface area (Å²) in [5.41, 5.74) is -7.94. The number of phenolic OH excluding ortho intramolecular Hbond substituents is 2. The summed E-state index contributed by atoms with van der Waals surface area (Å²) < 4.78 is 9.79. The molecule has 0 bridgehead atoms. The standard InChI is InChI=1S/C24H22O12/c1-35-17-11-13(3-7-15(17)25)5-9-19(27)23(33,21(29)30)24(34,22(31)32)20(28)10-6-14-4-8-16(26)18(12-14)36-2/h3-12,25-26,33-34H,1-2H3,(H,29,30)(H,31,32). The van der Waals surface area contributed by atoms with Gasteiger partial charge in [-0.05, 0) is 47.5 Å². The van der Waals surface area contributed by atoms with Gasteiger partial charge in [0.1, 0.15) is 0 Å². The minimum atomic E-state index is -4.13. The van der Waals surface area contributed by atoms with E-state index in [9.17, 15) is 49.8 Å². The van der Waals surface area contributed by atoms with E-state index in [2.05, 4.69) is 0 Å². The van der Waals surface area contributed by atoms with Crippen LogP contribution in [-0.4, -0.2) is 79.6 Å². The summed E-state index contributed by atoms with van der Waals surface area (Å²) >= 11 is 0. The molecule has 12 heteroatoms. The molecule has 190 valence electrons. The molecule has 0 aliphatic rings. The van der Waals surface area contributed by atoms with Crippen molar-refractivity contribution >= 4 is 35.7 Å². The van der Waals surface area contributed by atoms with E-state index in [0.29, 0.717) is 12.2 Å². The van der Waals surface area contributed by atoms with E-state index in [1.54, 1.807) is 0 Å². The zero-order chi connectivity index (χ0) is 27.3. The van der Waals surface area contributed by atoms with E-state index in [1.165, 1.54) is 50.6 Å². The number of rotatable bonds is 11. The molecule has 2 unspecified atom stereocenters. The van der Waals surface area contributed by atoms with Crippen LogP contribution < -0.4 is 9.47 Å². The molecule has 2 aromatic carbocycles. The fourth-order valence-electron chi connectivity index (χ4n) is 3.06. The van der Waals surface area contributed by atoms with Gasteiger partial charge in [-0.3, -0.25) is 9.59 Å². The third-order valence-corrected chi connectivity index (χ3v) is 5.12. The predicted molar refractivity (Wildman–Crippen MR) is 123 cm³/mol. The summed E-state index contributed by atoms with van der Waals surface area (Å²) in [6, 6.07) is 7.42. The van der Waals surface area contributed by atoms with Gasteiger partial charge in [-0.25, -0.2) is 9.59 Å². The first-order valence-corrected chi connectivity index (χ1v) is 9.93. The molecule has 12 nitrogen and oxygen atoms in total. The van der Waals surface area contributed by atoms with Crippen molar-refractivity contribution in [3.05, 3.63) is 59.7 Å². The van der Waals surface area contributed by atoms with Crippen molar-refractivity contribution in [3.8, 4) is 23.0 Å². The third-order valence-electron chi connectivity index (χ3n) is 5.12. The maximum Gasteiger partial charge on any atom is 0.348 e. The van der Waals surface area contributed by atoms with E-state index >= 15 is 0 Å². The summed E-state index contributed by atoms with van der Waals surface area (Å²) in [5.74, 6) is -9.17. The topological polar surface area (TPSA) is 208 Å². The van der Waals surface area contributed by atoms with Gasteiger partial charge < -0.3 is 40.1 Å². The highest BCUT2D eigenvalue weighted by Gasteiger charge is 2.68. The smallest absolute Gasteiger partial charge is 0.348 e. The van der Waals surface area contributed by atoms with Crippen LogP contribution in [0, 0.1) is 0 Å². The van der Waals surface area contributed by atoms with Gasteiger partial charge in [0.2, 0.25) is 11.6 Å². The van der Waals surface area contributed by atoms with Crippen LogP contribution >= 0.6 is 0 Å². The molecule has 0 saturated heterocycles. The van der Waals surface area contributed by atoms with E-state index in [1.807, 2.05) is 0 Å². The average Bonchev–Trinajstić information content (AvgIpc) is 2.85. The van der Waals surface area contributed by atoms with Crippen LogP contribution in [0.2, 0.25) is 0 Å². The van der Waals surface area contributed by atoms with Gasteiger partial charge in [-0.15, -0.1) is 0 Å². The molecular formula is C24H22O12. The number of ketones is 2. The van der Waals surface area contributed by atoms with Gasteiger partial charge in [-0.2, -0.15) is 0 Å². The van der Waals surface area contributed by atoms with Crippen molar-refractivity contribution in [1.29, 1.82) is 0 Å². The van der Waals surface area contributed by atoms with Crippen LogP contribution in [0.4, 0.5) is 0 Å². The predicted octanol–water partition coefficient (Wildman–Crippen LogP) is 0.611. The molecule has 0 spiro atoms. The lowest BCUT2D eigenvalue weighted by Gasteiger charge is -2.33. The molecule has 0 aliphatic heterocycles. The molecule has 0 saturated carbocycles. The Morgan fingerprint density at radius 3 is 1.31 bits per heavy atom. The Hall–Kier alpha value is -4.68. The Kier molecular flexibility index (Phi) is 8.20. The van der Waals surface area contributed by atoms with E-state index < -0.39 is 34.7 Å². The van der Waals surface area contributed by atoms with Gasteiger partial charge in [0.05, 0.1) is 14.2 Å². The number of hydrogen-bond donors (Lipinski definition) is 6. The van der Waals surface area contributed by atoms with Gasteiger partial charge in [-0.1, -0.05) is 24.3 Å². The second-order valence-corrected chi connectivity index (χ2v) is 7.29. The molecule has 0 radical (unpaired) electrons. The molecule has 0 amide bonds. The van der Waals surface area contributed by atoms with Crippen molar-refractivity contribution in [3.63, 3.8) is 0 Å². The molecule has 0 aromatic heterocycles. The minimum absolute atomic E-state index is 0.00804. The van der Waals surface area contributed by atoms with Crippen LogP contribution in [-0.2, 0) is 19.2 Å². The maximum absolute atomic E-state index is 12.7. The number of aliphatic carboxylic acids is 2. The van der Waals surface area contributed by atoms with E-state index in [-0.39, 0.29) is 34.1 Å². The lowest BCUT2D eigenvalue weighted by molar-refractivity contribution is -0.204. The van der Waals surface area contributed by atoms with Gasteiger partial charge in [0.25, 0.3) is 11.2 Å². The zero-order valence-electron chi connectivity index (χ0n) is 18.9. The number of benzene rings is 2. The first-order valence-electron chi connectivity index (χ1n) is 9.93. The summed E-state index contributed by atoms with van der Waals surface area (Å²) in [6.07, 6.45) is 2.80. The molecule has 0 heterocycles. The number of methoxy groups -OCH3 is 2. The van der Waals surface area contributed by atoms with Crippen molar-refractivity contribution in [2.75, 3.05) is 14.2 Å². The number of aromatic hydroxyl groups is 2. The quantitative estimate of drug-likeness (QED) is 0.184. The summed E-state index contributed by atoms with van der Waals surface area (Å²) in [7, 11) is 2.49. The number of carbonyl (C=O) groups is 4. The Balaban J connectivity index is 2.49. The second-order valence-electron chi connectivity index (χ2n) is 7.29. The second kappa shape index (κ2) is 10.7. The molecule has 6 N–H and O–H groups in total. The highest BCUT2D eigenvalue weighted by Crippen LogP contribution is 2.31. The van der Waals surface area contributed by atoms with E-state index in [4.69, 9.17) is 9.47 Å². The summed E-state index contributed by atoms with van der Waals surface area (Å²) in [6.45, 7) is 0. The molecule has 36 heavy (non-hydrogen) atoms. The SMILES string of the molecule is COc1cc(C=CC(=O)C(O)(C(=O)O)C(O)(C(=O)O)C(=O)C=Cc2ccc(O)c(OC)c2)ccc1O. The number of phenols is 2. The van der Waals surface area contributed by atoms with Crippen LogP contribution in [0.5, 0.6) is 23.0 Å². The maximum atomic E-state index is 12.7. The average molecular weight is 502 g/mol. The number of hydrogen-bond acceptors (Lipinski definition) is 10. The summed E-state index contributed by atoms with van der Waals surface area (Å²) in [5, 5.41) is 59.6. The number of aliphatic hydroxyl groups is 2. The normalized spacial score (nSPS) is 14.7. The molecule has 2 atom stereocenters. The Labute approximate surface area is 203 Å². The van der Waals surface area contributed by atoms with Crippen molar-refractivity contribution < 1.29 is 59.3 Å². The highest BCUT2D eigenvalue weighted by atomic mass is 16.5. The van der Waals surface area contributed by atoms with Crippen LogP contribution in [0.25, 0.3) is 12.2 Å². The third kappa shape index (κ3) is 5.04. The van der Waals surface area contributed by atoms with Gasteiger partial charge in [0, 0.05) is 0 Å². The van der Waals surface area contributed by atoms with Crippen molar-refractivity contribution in [2.45, 2.75) is 11.2 Å². The van der Waals surface area contributed by atoms with Crippen molar-refractivity contribution in [2.24, 2.45) is 0 Å². The summed E-state index contributed by atoms with van der Waals surface area (Å²) in [4.78, 5) is 49.2. The Morgan fingerprint density at radius 1 is 0.694 bits per heavy atom. The lowest BCUT2D eigenvalue weighted by atomic mass is 9.76. The van der Waals surface area contributed by atoms with E-state index in [0.717, 1.165) is 12.2 Å². The van der Waals surface area contributed by atoms with Crippen LogP contribution in [0.1, 0.15) is 11.1 Å². The number of carboxylic acids is 2. The molecule has 0 aliphatic carbocycles. The number of ether oxygens (including phenoxy) is 2. The van der Waals surface area contributed by atoms with Gasteiger partial charge >= 0.3 is 11.9 Å². The number of carboxylic acid groups (broad SMARTS) is 2. The molecule has 2 aromatic rings. The largest absolute Gasteiger partial charge is 0.504 e. The fraction of sp³-hybridized carbons (Fsp3) is 0.167. The van der Waals surface area contributed by atoms with Crippen molar-refractivity contribution in [1.82, 2.24) is 0 Å². The minimum Gasteiger partial charge on any atom is -0.504 e. The first kappa shape index (κ1) is 27.6. The number of carbonyl (C=O) groups excluding carboxylic acids is 2. The molecule has 2 rings (SSSR count). The Morgan fingerprint density at radius 2 is 1.03 bits per heavy atom.